The number of benzene rings is 1. The van der Waals surface area contributed by atoms with Gasteiger partial charge < -0.3 is 9.84 Å². The Morgan fingerprint density at radius 1 is 1.53 bits per heavy atom. The summed E-state index contributed by atoms with van der Waals surface area (Å²) in [7, 11) is 1.76. The van der Waals surface area contributed by atoms with Crippen LogP contribution >= 0.6 is 0 Å². The Morgan fingerprint density at radius 2 is 2.26 bits per heavy atom. The third-order valence-electron chi connectivity index (χ3n) is 2.66. The van der Waals surface area contributed by atoms with E-state index in [9.17, 15) is 9.18 Å². The number of aromatic carboxylic acids is 1. The van der Waals surface area contributed by atoms with Gasteiger partial charge in [0.05, 0.1) is 11.4 Å². The van der Waals surface area contributed by atoms with E-state index in [0.29, 0.717) is 0 Å². The number of ether oxygens (including phenoxy) is 1. The monoisotopic (exact) mass is 264 g/mol. The van der Waals surface area contributed by atoms with E-state index in [0.717, 1.165) is 17.5 Å². The van der Waals surface area contributed by atoms with Gasteiger partial charge in [-0.3, -0.25) is 4.68 Å². The van der Waals surface area contributed by atoms with Crippen molar-refractivity contribution in [2.75, 3.05) is 0 Å². The van der Waals surface area contributed by atoms with Crippen molar-refractivity contribution in [3.63, 3.8) is 0 Å². The molecule has 0 amide bonds. The van der Waals surface area contributed by atoms with Crippen LogP contribution in [-0.2, 0) is 13.7 Å². The number of carboxylic acid groups (broad SMARTS) is 1. The Bertz CT molecular complexity index is 622. The zero-order chi connectivity index (χ0) is 14.0. The van der Waals surface area contributed by atoms with Crippen LogP contribution < -0.4 is 4.74 Å². The molecule has 0 spiro atoms. The molecule has 0 unspecified atom stereocenters. The molecule has 6 heteroatoms. The lowest BCUT2D eigenvalue weighted by Gasteiger charge is -2.09. The second kappa shape index (κ2) is 5.09. The minimum absolute atomic E-state index is 0.00588. The number of carboxylic acids is 1. The average Bonchev–Trinajstić information content (AvgIpc) is 2.64. The molecule has 1 aromatic heterocycles. The predicted molar refractivity (Wildman–Crippen MR) is 65.6 cm³/mol. The quantitative estimate of drug-likeness (QED) is 0.919. The first-order valence-electron chi connectivity index (χ1n) is 5.63. The van der Waals surface area contributed by atoms with Crippen molar-refractivity contribution in [3.8, 4) is 5.75 Å². The zero-order valence-electron chi connectivity index (χ0n) is 10.6. The van der Waals surface area contributed by atoms with Crippen molar-refractivity contribution in [3.05, 3.63) is 47.0 Å². The van der Waals surface area contributed by atoms with Crippen LogP contribution in [-0.4, -0.2) is 20.9 Å². The van der Waals surface area contributed by atoms with Crippen LogP contribution in [0.5, 0.6) is 5.75 Å². The molecule has 2 rings (SSSR count). The van der Waals surface area contributed by atoms with Crippen LogP contribution in [0.4, 0.5) is 4.39 Å². The maximum Gasteiger partial charge on any atom is 0.342 e. The first-order valence-corrected chi connectivity index (χ1v) is 5.63. The zero-order valence-corrected chi connectivity index (χ0v) is 10.6. The SMILES string of the molecule is Cc1cc(COc2cccc(F)c2C(=O)O)n(C)n1. The van der Waals surface area contributed by atoms with E-state index in [-0.39, 0.29) is 12.4 Å². The highest BCUT2D eigenvalue weighted by molar-refractivity contribution is 5.91. The Balaban J connectivity index is 2.22. The average molecular weight is 264 g/mol. The lowest BCUT2D eigenvalue weighted by atomic mass is 10.2. The molecule has 0 saturated carbocycles. The van der Waals surface area contributed by atoms with Crippen molar-refractivity contribution < 1.29 is 19.0 Å². The van der Waals surface area contributed by atoms with Crippen LogP contribution in [0.3, 0.4) is 0 Å². The third kappa shape index (κ3) is 2.73. The maximum atomic E-state index is 13.4. The van der Waals surface area contributed by atoms with Gasteiger partial charge in [0.15, 0.2) is 0 Å². The molecule has 0 atom stereocenters. The molecular formula is C13H13FN2O3. The van der Waals surface area contributed by atoms with Gasteiger partial charge in [-0.05, 0) is 25.1 Å². The predicted octanol–water partition coefficient (Wildman–Crippen LogP) is 2.14. The fourth-order valence-corrected chi connectivity index (χ4v) is 1.78. The Labute approximate surface area is 109 Å². The molecule has 1 N–H and O–H groups in total. The Hall–Kier alpha value is -2.37. The van der Waals surface area contributed by atoms with Gasteiger partial charge in [-0.15, -0.1) is 0 Å². The largest absolute Gasteiger partial charge is 0.486 e. The second-order valence-corrected chi connectivity index (χ2v) is 4.11. The molecule has 5 nitrogen and oxygen atoms in total. The second-order valence-electron chi connectivity index (χ2n) is 4.11. The number of hydrogen-bond acceptors (Lipinski definition) is 3. The topological polar surface area (TPSA) is 64.3 Å². The van der Waals surface area contributed by atoms with E-state index in [1.165, 1.54) is 12.1 Å². The van der Waals surface area contributed by atoms with Crippen molar-refractivity contribution in [2.24, 2.45) is 7.05 Å². The number of halogens is 1. The van der Waals surface area contributed by atoms with Crippen LogP contribution in [0.2, 0.25) is 0 Å². The molecule has 0 bridgehead atoms. The van der Waals surface area contributed by atoms with E-state index in [1.807, 2.05) is 13.0 Å². The van der Waals surface area contributed by atoms with Gasteiger partial charge in [-0.2, -0.15) is 5.10 Å². The summed E-state index contributed by atoms with van der Waals surface area (Å²) in [5, 5.41) is 13.1. The van der Waals surface area contributed by atoms with E-state index in [4.69, 9.17) is 9.84 Å². The first kappa shape index (κ1) is 13.1. The van der Waals surface area contributed by atoms with Gasteiger partial charge in [-0.1, -0.05) is 6.07 Å². The normalized spacial score (nSPS) is 10.5. The molecule has 0 fully saturated rings. The fourth-order valence-electron chi connectivity index (χ4n) is 1.78. The number of nitrogens with zero attached hydrogens (tertiary/aromatic N) is 2. The van der Waals surface area contributed by atoms with Crippen molar-refractivity contribution in [2.45, 2.75) is 13.5 Å². The van der Waals surface area contributed by atoms with E-state index in [1.54, 1.807) is 11.7 Å². The van der Waals surface area contributed by atoms with Gasteiger partial charge in [0.2, 0.25) is 0 Å². The molecule has 0 radical (unpaired) electrons. The molecule has 100 valence electrons. The number of hydrogen-bond donors (Lipinski definition) is 1. The summed E-state index contributed by atoms with van der Waals surface area (Å²) >= 11 is 0. The third-order valence-corrected chi connectivity index (χ3v) is 2.66. The standard InChI is InChI=1S/C13H13FN2O3/c1-8-6-9(16(2)15-8)7-19-11-5-3-4-10(14)12(11)13(17)18/h3-6H,7H2,1-2H3,(H,17,18). The van der Waals surface area contributed by atoms with Crippen LogP contribution in [0.1, 0.15) is 21.7 Å². The summed E-state index contributed by atoms with van der Waals surface area (Å²) in [6, 6.07) is 5.74. The van der Waals surface area contributed by atoms with Crippen molar-refractivity contribution >= 4 is 5.97 Å². The molecule has 0 aliphatic heterocycles. The molecule has 1 aromatic carbocycles. The summed E-state index contributed by atoms with van der Waals surface area (Å²) in [4.78, 5) is 11.0. The minimum Gasteiger partial charge on any atom is -0.486 e. The van der Waals surface area contributed by atoms with Gasteiger partial charge in [0.25, 0.3) is 0 Å². The molecule has 0 aliphatic rings. The lowest BCUT2D eigenvalue weighted by Crippen LogP contribution is -2.08. The van der Waals surface area contributed by atoms with Crippen molar-refractivity contribution in [1.29, 1.82) is 0 Å². The molecule has 0 saturated heterocycles. The molecular weight excluding hydrogens is 251 g/mol. The summed E-state index contributed by atoms with van der Waals surface area (Å²) in [6.45, 7) is 1.97. The van der Waals surface area contributed by atoms with Gasteiger partial charge in [-0.25, -0.2) is 9.18 Å². The number of aromatic nitrogens is 2. The number of carbonyl (C=O) groups is 1. The lowest BCUT2D eigenvalue weighted by molar-refractivity contribution is 0.0686. The van der Waals surface area contributed by atoms with Crippen LogP contribution in [0.25, 0.3) is 0 Å². The Morgan fingerprint density at radius 3 is 2.84 bits per heavy atom. The Kier molecular flexibility index (Phi) is 3.50. The van der Waals surface area contributed by atoms with E-state index in [2.05, 4.69) is 5.10 Å². The van der Waals surface area contributed by atoms with Gasteiger partial charge >= 0.3 is 5.97 Å². The molecule has 0 aliphatic carbocycles. The highest BCUT2D eigenvalue weighted by atomic mass is 19.1. The summed E-state index contributed by atoms with van der Waals surface area (Å²) in [5.74, 6) is -2.16. The number of aryl methyl sites for hydroxylation is 2. The highest BCUT2D eigenvalue weighted by Crippen LogP contribution is 2.22. The number of rotatable bonds is 4. The fraction of sp³-hybridized carbons (Fsp3) is 0.231. The van der Waals surface area contributed by atoms with Crippen LogP contribution in [0, 0.1) is 12.7 Å². The summed E-state index contributed by atoms with van der Waals surface area (Å²) in [5.41, 5.74) is 1.15. The van der Waals surface area contributed by atoms with Gasteiger partial charge in [0.1, 0.15) is 23.7 Å². The summed E-state index contributed by atoms with van der Waals surface area (Å²) in [6.07, 6.45) is 0. The molecule has 2 aromatic rings. The molecule has 1 heterocycles. The van der Waals surface area contributed by atoms with E-state index >= 15 is 0 Å². The summed E-state index contributed by atoms with van der Waals surface area (Å²) < 4.78 is 20.4. The van der Waals surface area contributed by atoms with E-state index < -0.39 is 17.3 Å². The van der Waals surface area contributed by atoms with Crippen molar-refractivity contribution in [1.82, 2.24) is 9.78 Å². The molecule has 19 heavy (non-hydrogen) atoms. The first-order chi connectivity index (χ1) is 8.99. The highest BCUT2D eigenvalue weighted by Gasteiger charge is 2.17. The van der Waals surface area contributed by atoms with Gasteiger partial charge in [0, 0.05) is 7.05 Å². The minimum atomic E-state index is -1.35. The smallest absolute Gasteiger partial charge is 0.342 e. The maximum absolute atomic E-state index is 13.4. The van der Waals surface area contributed by atoms with Crippen LogP contribution in [0.15, 0.2) is 24.3 Å².